The summed E-state index contributed by atoms with van der Waals surface area (Å²) in [5.74, 6) is -8.98. The molecule has 5 atom stereocenters. The van der Waals surface area contributed by atoms with Crippen molar-refractivity contribution in [3.05, 3.63) is 61.3 Å². The molecule has 0 aliphatic carbocycles. The summed E-state index contributed by atoms with van der Waals surface area (Å²) in [6.07, 6.45) is 0.501. The minimum absolute atomic E-state index is 0.0853. The maximum Gasteiger partial charge on any atom is 0.344 e. The zero-order valence-electron chi connectivity index (χ0n) is 18.8. The Morgan fingerprint density at radius 3 is 2.75 bits per heavy atom. The highest BCUT2D eigenvalue weighted by molar-refractivity contribution is 7.33. The topological polar surface area (TPSA) is 175 Å². The zero-order chi connectivity index (χ0) is 26.9. The third kappa shape index (κ3) is 5.32. The lowest BCUT2D eigenvalue weighted by Gasteiger charge is -2.43. The Hall–Kier alpha value is -2.38. The fourth-order valence-electron chi connectivity index (χ4n) is 3.49. The van der Waals surface area contributed by atoms with E-state index in [2.05, 4.69) is 4.74 Å². The fourth-order valence-corrected chi connectivity index (χ4v) is 4.79. The van der Waals surface area contributed by atoms with E-state index in [9.17, 15) is 24.4 Å². The number of carboxylic acids is 1. The van der Waals surface area contributed by atoms with Gasteiger partial charge in [0.15, 0.2) is 0 Å². The van der Waals surface area contributed by atoms with Gasteiger partial charge in [-0.05, 0) is 25.1 Å². The molecule has 2 aromatic rings. The number of nitrogens with one attached hydrogen (secondary N) is 1. The molecule has 0 spiro atoms. The summed E-state index contributed by atoms with van der Waals surface area (Å²) in [4.78, 5) is 49.7. The lowest BCUT2D eigenvalue weighted by molar-refractivity contribution is -0.368. The van der Waals surface area contributed by atoms with E-state index in [4.69, 9.17) is 42.3 Å². The number of aromatic amines is 1. The molecule has 1 fully saturated rings. The van der Waals surface area contributed by atoms with E-state index < -0.39 is 68.2 Å². The number of hydrogen-bond acceptors (Lipinski definition) is 9. The van der Waals surface area contributed by atoms with Gasteiger partial charge in [-0.15, -0.1) is 4.52 Å². The summed E-state index contributed by atoms with van der Waals surface area (Å²) in [6.45, 7) is 1.17. The van der Waals surface area contributed by atoms with Crippen LogP contribution in [-0.4, -0.2) is 50.5 Å². The number of alkyl halides is 1. The summed E-state index contributed by atoms with van der Waals surface area (Å²) in [5, 5.41) is 20.1. The van der Waals surface area contributed by atoms with E-state index in [0.29, 0.717) is 4.57 Å². The van der Waals surface area contributed by atoms with E-state index in [1.54, 1.807) is 0 Å². The van der Waals surface area contributed by atoms with Gasteiger partial charge in [0.2, 0.25) is 0 Å². The van der Waals surface area contributed by atoms with Crippen LogP contribution in [0.15, 0.2) is 44.8 Å². The number of carbonyl (C=O) groups is 1. The molecule has 196 valence electrons. The summed E-state index contributed by atoms with van der Waals surface area (Å²) < 4.78 is 37.1. The van der Waals surface area contributed by atoms with Gasteiger partial charge in [0.25, 0.3) is 17.1 Å². The minimum Gasteiger partial charge on any atom is -0.583 e. The lowest BCUT2D eigenvalue weighted by Crippen LogP contribution is -2.67. The molecular weight excluding hydrogens is 547 g/mol. The molecule has 12 nitrogen and oxygen atoms in total. The number of benzene rings is 1. The normalized spacial score (nSPS) is 24.8. The summed E-state index contributed by atoms with van der Waals surface area (Å²) in [6, 6.07) is 4.84. The second-order valence-electron chi connectivity index (χ2n) is 8.01. The van der Waals surface area contributed by atoms with E-state index in [1.807, 2.05) is 4.98 Å². The van der Waals surface area contributed by atoms with Gasteiger partial charge >= 0.3 is 25.7 Å². The Kier molecular flexibility index (Phi) is 8.26. The first-order chi connectivity index (χ1) is 16.7. The van der Waals surface area contributed by atoms with Crippen molar-refractivity contribution in [3.8, 4) is 5.75 Å². The van der Waals surface area contributed by atoms with E-state index in [1.165, 1.54) is 25.1 Å². The molecule has 1 saturated heterocycles. The summed E-state index contributed by atoms with van der Waals surface area (Å²) in [7, 11) is -3.17. The summed E-state index contributed by atoms with van der Waals surface area (Å²) >= 11 is 12.1. The average molecular weight is 568 g/mol. The van der Waals surface area contributed by atoms with Crippen molar-refractivity contribution in [1.82, 2.24) is 9.55 Å². The van der Waals surface area contributed by atoms with Crippen molar-refractivity contribution in [2.45, 2.75) is 37.6 Å². The van der Waals surface area contributed by atoms with Crippen LogP contribution in [-0.2, 0) is 19.8 Å². The Bertz CT molecular complexity index is 1300. The first-order valence-corrected chi connectivity index (χ1v) is 12.2. The van der Waals surface area contributed by atoms with Crippen LogP contribution in [0.1, 0.15) is 20.3 Å². The van der Waals surface area contributed by atoms with E-state index in [0.717, 1.165) is 19.2 Å². The summed E-state index contributed by atoms with van der Waals surface area (Å²) in [5.41, 5.74) is -4.48. The first-order valence-electron chi connectivity index (χ1n) is 10.3. The van der Waals surface area contributed by atoms with Gasteiger partial charge in [-0.2, -0.15) is 4.39 Å². The van der Waals surface area contributed by atoms with Crippen LogP contribution in [0, 0.1) is 5.92 Å². The maximum absolute atomic E-state index is 16.9. The van der Waals surface area contributed by atoms with Crippen LogP contribution in [0.3, 0.4) is 0 Å². The van der Waals surface area contributed by atoms with Crippen molar-refractivity contribution in [2.24, 2.45) is 10.7 Å². The Morgan fingerprint density at radius 1 is 1.44 bits per heavy atom. The SMILES string of the molecule is C[C@@H](CN=[P+]([O-])O[C@](C)(O)[C@]1(F)OCC[C@@]1(Oc1ccc(Cl)cc1Cl)n1ccc(=O)[nH]c1=O)C(=O)O. The van der Waals surface area contributed by atoms with Gasteiger partial charge in [-0.1, -0.05) is 27.9 Å². The molecule has 2 heterocycles. The van der Waals surface area contributed by atoms with Gasteiger partial charge in [0.05, 0.1) is 24.1 Å². The number of rotatable bonds is 9. The number of nitrogens with zero attached hydrogens (tertiary/aromatic N) is 2. The number of ether oxygens (including phenoxy) is 2. The predicted octanol–water partition coefficient (Wildman–Crippen LogP) is 1.96. The molecule has 1 aromatic carbocycles. The zero-order valence-corrected chi connectivity index (χ0v) is 21.2. The molecule has 16 heteroatoms. The minimum atomic E-state index is -3.45. The maximum atomic E-state index is 16.9. The molecule has 1 aliphatic heterocycles. The second kappa shape index (κ2) is 10.5. The molecular formula is C20H21Cl2FN3O9P. The van der Waals surface area contributed by atoms with Crippen LogP contribution in [0.2, 0.25) is 10.0 Å². The number of aliphatic carboxylic acids is 1. The third-order valence-electron chi connectivity index (χ3n) is 5.38. The highest BCUT2D eigenvalue weighted by atomic mass is 35.5. The van der Waals surface area contributed by atoms with Crippen molar-refractivity contribution in [3.63, 3.8) is 0 Å². The van der Waals surface area contributed by atoms with E-state index in [-0.39, 0.29) is 15.8 Å². The standard InChI is InChI=1S/C20H21Cl2FN3O9P/c1-11(16(28)29)10-24-36(32)35-18(2,31)20(23)19(6-8-33-20,26-7-5-15(27)25-17(26)30)34-14-4-3-12(21)9-13(14)22/h3-5,7,9,11,31H,6,8,10H2,1-2H3,(H,28,29)(H,25,27,30)/t11-,18-,19-,20-/m0/s1. The molecule has 0 amide bonds. The molecule has 1 unspecified atom stereocenters. The van der Waals surface area contributed by atoms with Crippen molar-refractivity contribution in [2.75, 3.05) is 13.2 Å². The lowest BCUT2D eigenvalue weighted by atomic mass is 9.95. The molecule has 3 N–H and O–H groups in total. The number of aromatic nitrogens is 2. The molecule has 1 aromatic heterocycles. The smallest absolute Gasteiger partial charge is 0.344 e. The monoisotopic (exact) mass is 567 g/mol. The molecule has 36 heavy (non-hydrogen) atoms. The average Bonchev–Trinajstić information content (AvgIpc) is 3.12. The van der Waals surface area contributed by atoms with Gasteiger partial charge in [0, 0.05) is 30.6 Å². The highest BCUT2D eigenvalue weighted by Crippen LogP contribution is 2.52. The highest BCUT2D eigenvalue weighted by Gasteiger charge is 2.74. The van der Waals surface area contributed by atoms with Gasteiger partial charge in [0.1, 0.15) is 5.75 Å². The van der Waals surface area contributed by atoms with Crippen LogP contribution in [0.4, 0.5) is 4.39 Å². The van der Waals surface area contributed by atoms with Crippen molar-refractivity contribution in [1.29, 1.82) is 0 Å². The first kappa shape index (κ1) is 28.2. The van der Waals surface area contributed by atoms with Crippen LogP contribution >= 0.6 is 31.4 Å². The largest absolute Gasteiger partial charge is 0.583 e. The Labute approximate surface area is 213 Å². The molecule has 0 saturated carbocycles. The molecule has 0 bridgehead atoms. The number of aliphatic hydroxyl groups is 1. The third-order valence-corrected chi connectivity index (χ3v) is 6.81. The number of carboxylic acid groups (broad SMARTS) is 1. The quantitative estimate of drug-likeness (QED) is 0.302. The van der Waals surface area contributed by atoms with Gasteiger partial charge in [-0.3, -0.25) is 19.1 Å². The van der Waals surface area contributed by atoms with Crippen molar-refractivity contribution >= 4 is 37.3 Å². The Morgan fingerprint density at radius 2 is 2.14 bits per heavy atom. The molecule has 0 radical (unpaired) electrons. The van der Waals surface area contributed by atoms with Crippen molar-refractivity contribution < 1.29 is 38.3 Å². The molecule has 3 rings (SSSR count). The second-order valence-corrected chi connectivity index (χ2v) is 9.80. The van der Waals surface area contributed by atoms with Crippen LogP contribution < -0.4 is 20.9 Å². The van der Waals surface area contributed by atoms with Crippen LogP contribution in [0.5, 0.6) is 5.75 Å². The van der Waals surface area contributed by atoms with E-state index >= 15 is 4.39 Å². The number of H-pyrrole nitrogens is 1. The number of hydrogen-bond donors (Lipinski definition) is 3. The number of halogens is 3. The predicted molar refractivity (Wildman–Crippen MR) is 124 cm³/mol. The Balaban J connectivity index is 2.13. The fraction of sp³-hybridized carbons (Fsp3) is 0.450. The molecule has 1 aliphatic rings. The van der Waals surface area contributed by atoms with Gasteiger partial charge < -0.3 is 24.6 Å². The van der Waals surface area contributed by atoms with Crippen LogP contribution in [0.25, 0.3) is 0 Å². The van der Waals surface area contributed by atoms with Gasteiger partial charge in [-0.25, -0.2) is 4.79 Å².